The van der Waals surface area contributed by atoms with E-state index in [1.807, 2.05) is 25.8 Å². The van der Waals surface area contributed by atoms with Gasteiger partial charge in [-0.1, -0.05) is 6.08 Å². The van der Waals surface area contributed by atoms with Crippen LogP contribution in [0.25, 0.3) is 0 Å². The maximum absolute atomic E-state index is 11.6. The molecule has 0 rings (SSSR count). The molecule has 3 heteroatoms. The second-order valence-corrected chi connectivity index (χ2v) is 3.28. The van der Waals surface area contributed by atoms with Crippen LogP contribution in [0.4, 0.5) is 0 Å². The fraction of sp³-hybridized carbons (Fsp3) is 0.700. The Bertz CT molecular complexity index is 166. The van der Waals surface area contributed by atoms with Crippen LogP contribution >= 0.6 is 0 Å². The van der Waals surface area contributed by atoms with E-state index in [9.17, 15) is 4.79 Å². The van der Waals surface area contributed by atoms with Crippen LogP contribution < -0.4 is 5.32 Å². The summed E-state index contributed by atoms with van der Waals surface area (Å²) >= 11 is 0. The van der Waals surface area contributed by atoms with Gasteiger partial charge in [0, 0.05) is 25.6 Å². The Hall–Kier alpha value is -0.830. The third kappa shape index (κ3) is 4.68. The molecular weight excluding hydrogens is 164 g/mol. The van der Waals surface area contributed by atoms with Gasteiger partial charge >= 0.3 is 0 Å². The van der Waals surface area contributed by atoms with Crippen LogP contribution in [0.15, 0.2) is 12.7 Å². The van der Waals surface area contributed by atoms with Crippen LogP contribution in [0.5, 0.6) is 0 Å². The monoisotopic (exact) mass is 184 g/mol. The Kier molecular flexibility index (Phi) is 6.24. The Morgan fingerprint density at radius 2 is 2.23 bits per heavy atom. The van der Waals surface area contributed by atoms with Crippen LogP contribution in [0.2, 0.25) is 0 Å². The normalized spacial score (nSPS) is 10.2. The molecule has 3 nitrogen and oxygen atoms in total. The summed E-state index contributed by atoms with van der Waals surface area (Å²) in [6.07, 6.45) is 2.32. The van der Waals surface area contributed by atoms with Gasteiger partial charge in [0.15, 0.2) is 0 Å². The fourth-order valence-electron chi connectivity index (χ4n) is 1.12. The molecule has 0 spiro atoms. The predicted octanol–water partition coefficient (Wildman–Crippen LogP) is 1.02. The number of rotatable bonds is 6. The topological polar surface area (TPSA) is 32.3 Å². The minimum absolute atomic E-state index is 0.184. The Balaban J connectivity index is 4.03. The molecule has 0 aromatic rings. The van der Waals surface area contributed by atoms with Crippen molar-refractivity contribution in [2.24, 2.45) is 0 Å². The van der Waals surface area contributed by atoms with E-state index in [1.165, 1.54) is 0 Å². The molecule has 0 aliphatic carbocycles. The van der Waals surface area contributed by atoms with E-state index in [-0.39, 0.29) is 11.9 Å². The van der Waals surface area contributed by atoms with Crippen LogP contribution in [0.3, 0.4) is 0 Å². The number of hydrogen-bond donors (Lipinski definition) is 1. The van der Waals surface area contributed by atoms with Crippen molar-refractivity contribution in [1.82, 2.24) is 10.2 Å². The summed E-state index contributed by atoms with van der Waals surface area (Å²) in [4.78, 5) is 13.4. The summed E-state index contributed by atoms with van der Waals surface area (Å²) in [5.74, 6) is 0.184. The summed E-state index contributed by atoms with van der Waals surface area (Å²) in [5.41, 5.74) is 0. The van der Waals surface area contributed by atoms with Crippen molar-refractivity contribution in [2.45, 2.75) is 26.3 Å². The zero-order chi connectivity index (χ0) is 10.3. The zero-order valence-corrected chi connectivity index (χ0v) is 8.84. The molecule has 0 bridgehead atoms. The second kappa shape index (κ2) is 6.66. The van der Waals surface area contributed by atoms with Crippen molar-refractivity contribution in [3.05, 3.63) is 12.7 Å². The molecule has 1 amide bonds. The Labute approximate surface area is 80.8 Å². The number of amides is 1. The molecule has 0 aliphatic heterocycles. The molecule has 0 atom stereocenters. The van der Waals surface area contributed by atoms with Gasteiger partial charge in [0.2, 0.25) is 5.91 Å². The van der Waals surface area contributed by atoms with E-state index >= 15 is 0 Å². The third-order valence-electron chi connectivity index (χ3n) is 1.86. The van der Waals surface area contributed by atoms with Gasteiger partial charge in [-0.25, -0.2) is 0 Å². The maximum Gasteiger partial charge on any atom is 0.224 e. The van der Waals surface area contributed by atoms with E-state index in [0.717, 1.165) is 6.54 Å². The van der Waals surface area contributed by atoms with Gasteiger partial charge in [-0.2, -0.15) is 0 Å². The Morgan fingerprint density at radius 1 is 1.62 bits per heavy atom. The molecule has 0 aromatic carbocycles. The number of nitrogens with one attached hydrogen (secondary N) is 1. The minimum atomic E-state index is 0.184. The molecule has 13 heavy (non-hydrogen) atoms. The Morgan fingerprint density at radius 3 is 2.62 bits per heavy atom. The SMILES string of the molecule is C=CCN(C(=O)CCNC)C(C)C. The number of hydrogen-bond acceptors (Lipinski definition) is 2. The van der Waals surface area contributed by atoms with Gasteiger partial charge in [-0.15, -0.1) is 6.58 Å². The molecule has 0 unspecified atom stereocenters. The highest BCUT2D eigenvalue weighted by molar-refractivity contribution is 5.76. The van der Waals surface area contributed by atoms with Crippen molar-refractivity contribution in [1.29, 1.82) is 0 Å². The van der Waals surface area contributed by atoms with Gasteiger partial charge < -0.3 is 10.2 Å². The molecule has 0 saturated carbocycles. The highest BCUT2D eigenvalue weighted by atomic mass is 16.2. The van der Waals surface area contributed by atoms with E-state index in [1.54, 1.807) is 6.08 Å². The standard InChI is InChI=1S/C10H20N2O/c1-5-8-12(9(2)3)10(13)6-7-11-4/h5,9,11H,1,6-8H2,2-4H3. The zero-order valence-electron chi connectivity index (χ0n) is 8.84. The predicted molar refractivity (Wildman–Crippen MR) is 55.6 cm³/mol. The van der Waals surface area contributed by atoms with Crippen LogP contribution in [-0.2, 0) is 4.79 Å². The maximum atomic E-state index is 11.6. The van der Waals surface area contributed by atoms with Gasteiger partial charge in [-0.05, 0) is 20.9 Å². The van der Waals surface area contributed by atoms with Crippen molar-refractivity contribution in [3.63, 3.8) is 0 Å². The lowest BCUT2D eigenvalue weighted by Gasteiger charge is -2.25. The second-order valence-electron chi connectivity index (χ2n) is 3.28. The van der Waals surface area contributed by atoms with Crippen molar-refractivity contribution < 1.29 is 4.79 Å². The third-order valence-corrected chi connectivity index (χ3v) is 1.86. The highest BCUT2D eigenvalue weighted by Gasteiger charge is 2.13. The first kappa shape index (κ1) is 12.2. The first-order valence-electron chi connectivity index (χ1n) is 4.68. The molecule has 0 saturated heterocycles. The van der Waals surface area contributed by atoms with Gasteiger partial charge in [0.1, 0.15) is 0 Å². The smallest absolute Gasteiger partial charge is 0.224 e. The van der Waals surface area contributed by atoms with E-state index < -0.39 is 0 Å². The molecule has 76 valence electrons. The van der Waals surface area contributed by atoms with Gasteiger partial charge in [-0.3, -0.25) is 4.79 Å². The van der Waals surface area contributed by atoms with Crippen LogP contribution in [-0.4, -0.2) is 37.0 Å². The van der Waals surface area contributed by atoms with E-state index in [0.29, 0.717) is 13.0 Å². The van der Waals surface area contributed by atoms with Crippen molar-refractivity contribution in [3.8, 4) is 0 Å². The molecule has 0 radical (unpaired) electrons. The molecule has 0 aromatic heterocycles. The lowest BCUT2D eigenvalue weighted by Crippen LogP contribution is -2.38. The minimum Gasteiger partial charge on any atom is -0.337 e. The summed E-state index contributed by atoms with van der Waals surface area (Å²) in [6, 6.07) is 0.252. The van der Waals surface area contributed by atoms with E-state index in [2.05, 4.69) is 11.9 Å². The average Bonchev–Trinajstić information content (AvgIpc) is 2.09. The first-order chi connectivity index (χ1) is 6.13. The molecule has 0 fully saturated rings. The number of nitrogens with zero attached hydrogens (tertiary/aromatic N) is 1. The lowest BCUT2D eigenvalue weighted by atomic mass is 10.2. The molecule has 0 heterocycles. The number of carbonyl (C=O) groups is 1. The summed E-state index contributed by atoms with van der Waals surface area (Å²) in [5, 5.41) is 2.96. The van der Waals surface area contributed by atoms with Crippen LogP contribution in [0, 0.1) is 0 Å². The van der Waals surface area contributed by atoms with Crippen molar-refractivity contribution in [2.75, 3.05) is 20.1 Å². The lowest BCUT2D eigenvalue weighted by molar-refractivity contribution is -0.132. The fourth-order valence-corrected chi connectivity index (χ4v) is 1.12. The average molecular weight is 184 g/mol. The molecular formula is C10H20N2O. The quantitative estimate of drug-likeness (QED) is 0.625. The first-order valence-corrected chi connectivity index (χ1v) is 4.68. The molecule has 1 N–H and O–H groups in total. The van der Waals surface area contributed by atoms with E-state index in [4.69, 9.17) is 0 Å². The number of carbonyl (C=O) groups excluding carboxylic acids is 1. The van der Waals surface area contributed by atoms with Gasteiger partial charge in [0.05, 0.1) is 0 Å². The van der Waals surface area contributed by atoms with Crippen LogP contribution in [0.1, 0.15) is 20.3 Å². The highest BCUT2D eigenvalue weighted by Crippen LogP contribution is 2.00. The summed E-state index contributed by atoms with van der Waals surface area (Å²) < 4.78 is 0. The largest absolute Gasteiger partial charge is 0.337 e. The van der Waals surface area contributed by atoms with Gasteiger partial charge in [0.25, 0.3) is 0 Å². The van der Waals surface area contributed by atoms with Crippen molar-refractivity contribution >= 4 is 5.91 Å². The summed E-state index contributed by atoms with van der Waals surface area (Å²) in [6.45, 7) is 9.04. The molecule has 0 aliphatic rings. The summed E-state index contributed by atoms with van der Waals surface area (Å²) in [7, 11) is 1.85.